The second-order valence-corrected chi connectivity index (χ2v) is 6.93. The topological polar surface area (TPSA) is 43.9 Å². The number of carbonyl (C=O) groups is 2. The number of likely N-dealkylation sites (tertiary alicyclic amines) is 1. The number of hydrogen-bond acceptors (Lipinski definition) is 3. The molecule has 2 fully saturated rings. The third kappa shape index (κ3) is 3.18. The highest BCUT2D eigenvalue weighted by Crippen LogP contribution is 2.38. The lowest BCUT2D eigenvalue weighted by Crippen LogP contribution is -2.50. The molecule has 1 aromatic rings. The van der Waals surface area contributed by atoms with Crippen LogP contribution in [0.4, 0.5) is 0 Å². The van der Waals surface area contributed by atoms with Crippen molar-refractivity contribution in [3.8, 4) is 0 Å². The molecule has 5 heteroatoms. The van der Waals surface area contributed by atoms with Crippen LogP contribution >= 0.6 is 0 Å². The lowest BCUT2D eigenvalue weighted by atomic mass is 9.91. The van der Waals surface area contributed by atoms with Crippen LogP contribution in [0.5, 0.6) is 0 Å². The van der Waals surface area contributed by atoms with Crippen LogP contribution < -0.4 is 0 Å². The zero-order valence-electron chi connectivity index (χ0n) is 14.9. The Morgan fingerprint density at radius 3 is 2.33 bits per heavy atom. The van der Waals surface area contributed by atoms with Crippen molar-refractivity contribution in [2.45, 2.75) is 26.3 Å². The van der Waals surface area contributed by atoms with Crippen molar-refractivity contribution >= 4 is 11.8 Å². The standard InChI is InChI=1S/C19H27N3O2/c1-4-21-9-11-22(12-10-21)19(24)16-13-17(23)20(3)18(16)15-7-5-14(2)6-8-15/h5-8,16,18H,4,9-13H2,1-3H3/t16-,18+/m1/s1. The molecular weight excluding hydrogens is 302 g/mol. The second-order valence-electron chi connectivity index (χ2n) is 6.93. The minimum atomic E-state index is -0.265. The molecule has 2 saturated heterocycles. The van der Waals surface area contributed by atoms with E-state index in [9.17, 15) is 9.59 Å². The zero-order valence-corrected chi connectivity index (χ0v) is 14.9. The number of likely N-dealkylation sites (N-methyl/N-ethyl adjacent to an activating group) is 1. The maximum atomic E-state index is 13.1. The van der Waals surface area contributed by atoms with Crippen LogP contribution in [0.3, 0.4) is 0 Å². The van der Waals surface area contributed by atoms with Crippen molar-refractivity contribution < 1.29 is 9.59 Å². The van der Waals surface area contributed by atoms with Gasteiger partial charge in [0.2, 0.25) is 11.8 Å². The molecule has 130 valence electrons. The van der Waals surface area contributed by atoms with Gasteiger partial charge in [-0.1, -0.05) is 36.8 Å². The Morgan fingerprint density at radius 2 is 1.75 bits per heavy atom. The van der Waals surface area contributed by atoms with E-state index in [0.29, 0.717) is 6.42 Å². The summed E-state index contributed by atoms with van der Waals surface area (Å²) in [6.07, 6.45) is 0.321. The molecule has 0 bridgehead atoms. The highest BCUT2D eigenvalue weighted by molar-refractivity contribution is 5.90. The summed E-state index contributed by atoms with van der Waals surface area (Å²) in [5, 5.41) is 0. The molecule has 0 unspecified atom stereocenters. The van der Waals surface area contributed by atoms with Gasteiger partial charge in [0.1, 0.15) is 0 Å². The number of hydrogen-bond donors (Lipinski definition) is 0. The first-order valence-electron chi connectivity index (χ1n) is 8.84. The molecule has 0 aliphatic carbocycles. The van der Waals surface area contributed by atoms with E-state index in [1.165, 1.54) is 5.56 Å². The summed E-state index contributed by atoms with van der Waals surface area (Å²) in [6, 6.07) is 8.05. The van der Waals surface area contributed by atoms with Crippen LogP contribution in [0.15, 0.2) is 24.3 Å². The lowest BCUT2D eigenvalue weighted by Gasteiger charge is -2.36. The lowest BCUT2D eigenvalue weighted by molar-refractivity contribution is -0.138. The van der Waals surface area contributed by atoms with E-state index < -0.39 is 0 Å². The largest absolute Gasteiger partial charge is 0.340 e. The third-order valence-corrected chi connectivity index (χ3v) is 5.45. The van der Waals surface area contributed by atoms with Gasteiger partial charge in [0.15, 0.2) is 0 Å². The molecular formula is C19H27N3O2. The maximum Gasteiger partial charge on any atom is 0.228 e. The Balaban J connectivity index is 1.78. The van der Waals surface area contributed by atoms with Gasteiger partial charge in [-0.05, 0) is 19.0 Å². The fraction of sp³-hybridized carbons (Fsp3) is 0.579. The maximum absolute atomic E-state index is 13.1. The molecule has 0 spiro atoms. The van der Waals surface area contributed by atoms with Gasteiger partial charge in [-0.2, -0.15) is 0 Å². The number of piperazine rings is 1. The van der Waals surface area contributed by atoms with Crippen molar-refractivity contribution in [2.24, 2.45) is 5.92 Å². The minimum Gasteiger partial charge on any atom is -0.340 e. The number of rotatable bonds is 3. The minimum absolute atomic E-state index is 0.0612. The molecule has 2 heterocycles. The van der Waals surface area contributed by atoms with Crippen molar-refractivity contribution in [1.29, 1.82) is 0 Å². The predicted molar refractivity (Wildman–Crippen MR) is 93.5 cm³/mol. The van der Waals surface area contributed by atoms with Gasteiger partial charge in [0.25, 0.3) is 0 Å². The summed E-state index contributed by atoms with van der Waals surface area (Å²) in [5.74, 6) is -0.0708. The van der Waals surface area contributed by atoms with Crippen LogP contribution in [-0.4, -0.2) is 66.3 Å². The van der Waals surface area contributed by atoms with Gasteiger partial charge in [-0.15, -0.1) is 0 Å². The van der Waals surface area contributed by atoms with Gasteiger partial charge in [-0.3, -0.25) is 9.59 Å². The normalized spacial score (nSPS) is 25.4. The summed E-state index contributed by atoms with van der Waals surface area (Å²) in [5.41, 5.74) is 2.24. The van der Waals surface area contributed by atoms with Crippen molar-refractivity contribution in [3.63, 3.8) is 0 Å². The van der Waals surface area contributed by atoms with Crippen LogP contribution in [0.2, 0.25) is 0 Å². The quantitative estimate of drug-likeness (QED) is 0.847. The van der Waals surface area contributed by atoms with E-state index in [0.717, 1.165) is 38.3 Å². The van der Waals surface area contributed by atoms with Gasteiger partial charge in [-0.25, -0.2) is 0 Å². The molecule has 3 rings (SSSR count). The zero-order chi connectivity index (χ0) is 17.3. The van der Waals surface area contributed by atoms with Gasteiger partial charge in [0.05, 0.1) is 12.0 Å². The van der Waals surface area contributed by atoms with Gasteiger partial charge in [0, 0.05) is 39.6 Å². The van der Waals surface area contributed by atoms with Crippen molar-refractivity contribution in [3.05, 3.63) is 35.4 Å². The highest BCUT2D eigenvalue weighted by Gasteiger charge is 2.44. The average molecular weight is 329 g/mol. The Bertz CT molecular complexity index is 606. The third-order valence-electron chi connectivity index (χ3n) is 5.45. The fourth-order valence-electron chi connectivity index (χ4n) is 3.83. The summed E-state index contributed by atoms with van der Waals surface area (Å²) in [4.78, 5) is 31.4. The number of aryl methyl sites for hydroxylation is 1. The second kappa shape index (κ2) is 6.93. The SMILES string of the molecule is CCN1CCN(C(=O)[C@@H]2CC(=O)N(C)[C@H]2c2ccc(C)cc2)CC1. The monoisotopic (exact) mass is 329 g/mol. The molecule has 0 N–H and O–H groups in total. The van der Waals surface area contributed by atoms with Gasteiger partial charge < -0.3 is 14.7 Å². The van der Waals surface area contributed by atoms with Crippen LogP contribution in [-0.2, 0) is 9.59 Å². The first-order valence-corrected chi connectivity index (χ1v) is 8.84. The van der Waals surface area contributed by atoms with Crippen LogP contribution in [0.25, 0.3) is 0 Å². The molecule has 0 radical (unpaired) electrons. The summed E-state index contributed by atoms with van der Waals surface area (Å²) < 4.78 is 0. The van der Waals surface area contributed by atoms with E-state index in [1.54, 1.807) is 4.90 Å². The fourth-order valence-corrected chi connectivity index (χ4v) is 3.83. The van der Waals surface area contributed by atoms with Crippen LogP contribution in [0, 0.1) is 12.8 Å². The number of amides is 2. The first kappa shape index (κ1) is 17.0. The van der Waals surface area contributed by atoms with E-state index in [-0.39, 0.29) is 23.8 Å². The number of nitrogens with zero attached hydrogens (tertiary/aromatic N) is 3. The smallest absolute Gasteiger partial charge is 0.228 e. The molecule has 2 aliphatic heterocycles. The number of carbonyl (C=O) groups excluding carboxylic acids is 2. The Morgan fingerprint density at radius 1 is 1.12 bits per heavy atom. The summed E-state index contributed by atoms with van der Waals surface area (Å²) in [6.45, 7) is 8.60. The van der Waals surface area contributed by atoms with Crippen LogP contribution in [0.1, 0.15) is 30.5 Å². The first-order chi connectivity index (χ1) is 11.5. The molecule has 1 aromatic carbocycles. The molecule has 0 aromatic heterocycles. The Labute approximate surface area is 144 Å². The van der Waals surface area contributed by atoms with Crippen molar-refractivity contribution in [2.75, 3.05) is 39.8 Å². The molecule has 2 atom stereocenters. The highest BCUT2D eigenvalue weighted by atomic mass is 16.2. The molecule has 24 heavy (non-hydrogen) atoms. The molecule has 2 amide bonds. The van der Waals surface area contributed by atoms with E-state index in [2.05, 4.69) is 11.8 Å². The van der Waals surface area contributed by atoms with E-state index >= 15 is 0 Å². The average Bonchev–Trinajstić information content (AvgIpc) is 2.90. The van der Waals surface area contributed by atoms with E-state index in [1.807, 2.05) is 43.1 Å². The van der Waals surface area contributed by atoms with Gasteiger partial charge >= 0.3 is 0 Å². The molecule has 2 aliphatic rings. The molecule has 5 nitrogen and oxygen atoms in total. The Kier molecular flexibility index (Phi) is 4.90. The molecule has 0 saturated carbocycles. The number of benzene rings is 1. The Hall–Kier alpha value is -1.88. The summed E-state index contributed by atoms with van der Waals surface area (Å²) >= 11 is 0. The van der Waals surface area contributed by atoms with Crippen molar-refractivity contribution in [1.82, 2.24) is 14.7 Å². The predicted octanol–water partition coefficient (Wildman–Crippen LogP) is 1.68. The summed E-state index contributed by atoms with van der Waals surface area (Å²) in [7, 11) is 1.81. The van der Waals surface area contributed by atoms with E-state index in [4.69, 9.17) is 0 Å².